The molecule has 0 saturated carbocycles. The van der Waals surface area contributed by atoms with Crippen LogP contribution in [0.3, 0.4) is 0 Å². The first kappa shape index (κ1) is 19.3. The number of halogens is 2. The van der Waals surface area contributed by atoms with Crippen LogP contribution in [0.4, 0.5) is 14.5 Å². The quantitative estimate of drug-likeness (QED) is 0.760. The summed E-state index contributed by atoms with van der Waals surface area (Å²) in [4.78, 5) is -0.468. The van der Waals surface area contributed by atoms with E-state index in [0.717, 1.165) is 6.07 Å². The molecule has 2 rings (SSSR count). The molecular formula is C15H16F2N2O4S2. The zero-order valence-electron chi connectivity index (χ0n) is 13.2. The molecule has 25 heavy (non-hydrogen) atoms. The molecule has 0 aliphatic carbocycles. The second-order valence-corrected chi connectivity index (χ2v) is 8.55. The van der Waals surface area contributed by atoms with Crippen LogP contribution in [0.1, 0.15) is 13.3 Å². The highest BCUT2D eigenvalue weighted by Gasteiger charge is 2.18. The predicted molar refractivity (Wildman–Crippen MR) is 89.1 cm³/mol. The van der Waals surface area contributed by atoms with Gasteiger partial charge in [0.2, 0.25) is 10.0 Å². The monoisotopic (exact) mass is 390 g/mol. The topological polar surface area (TPSA) is 92.3 Å². The molecule has 0 amide bonds. The van der Waals surface area contributed by atoms with Gasteiger partial charge in [0.1, 0.15) is 0 Å². The van der Waals surface area contributed by atoms with Crippen molar-refractivity contribution in [2.45, 2.75) is 23.1 Å². The van der Waals surface area contributed by atoms with Gasteiger partial charge in [0, 0.05) is 12.2 Å². The zero-order chi connectivity index (χ0) is 18.7. The number of sulfonamides is 2. The molecule has 0 unspecified atom stereocenters. The fourth-order valence-corrected chi connectivity index (χ4v) is 4.08. The molecule has 0 radical (unpaired) electrons. The van der Waals surface area contributed by atoms with E-state index >= 15 is 0 Å². The summed E-state index contributed by atoms with van der Waals surface area (Å²) in [5.74, 6) is -2.44. The number of benzene rings is 2. The van der Waals surface area contributed by atoms with Crippen LogP contribution in [0.5, 0.6) is 0 Å². The van der Waals surface area contributed by atoms with Crippen LogP contribution in [0.15, 0.2) is 52.3 Å². The summed E-state index contributed by atoms with van der Waals surface area (Å²) < 4.78 is 78.9. The molecule has 0 heterocycles. The van der Waals surface area contributed by atoms with Crippen LogP contribution in [-0.2, 0) is 20.0 Å². The Bertz CT molecular complexity index is 960. The third-order valence-electron chi connectivity index (χ3n) is 3.16. The maximum atomic E-state index is 13.2. The fourth-order valence-electron chi connectivity index (χ4n) is 1.88. The lowest BCUT2D eigenvalue weighted by Gasteiger charge is -2.10. The van der Waals surface area contributed by atoms with E-state index in [4.69, 9.17) is 0 Å². The SMILES string of the molecule is CCCNS(=O)(=O)c1ccc(NS(=O)(=O)c2ccc(F)c(F)c2)cc1. The molecule has 2 aromatic carbocycles. The number of anilines is 1. The highest BCUT2D eigenvalue weighted by molar-refractivity contribution is 7.92. The van der Waals surface area contributed by atoms with Crippen molar-refractivity contribution in [3.05, 3.63) is 54.1 Å². The average molecular weight is 390 g/mol. The lowest BCUT2D eigenvalue weighted by Crippen LogP contribution is -2.24. The molecule has 0 aliphatic heterocycles. The number of nitrogens with one attached hydrogen (secondary N) is 2. The van der Waals surface area contributed by atoms with E-state index in [-0.39, 0.29) is 17.1 Å². The molecule has 0 atom stereocenters. The van der Waals surface area contributed by atoms with Gasteiger partial charge in [-0.25, -0.2) is 30.3 Å². The molecule has 0 fully saturated rings. The zero-order valence-corrected chi connectivity index (χ0v) is 14.8. The van der Waals surface area contributed by atoms with Gasteiger partial charge in [0.15, 0.2) is 11.6 Å². The van der Waals surface area contributed by atoms with E-state index in [0.29, 0.717) is 18.6 Å². The Kier molecular flexibility index (Phi) is 5.76. The smallest absolute Gasteiger partial charge is 0.261 e. The van der Waals surface area contributed by atoms with Crippen LogP contribution in [0.25, 0.3) is 0 Å². The molecule has 136 valence electrons. The van der Waals surface area contributed by atoms with Crippen molar-refractivity contribution >= 4 is 25.7 Å². The van der Waals surface area contributed by atoms with Crippen LogP contribution < -0.4 is 9.44 Å². The normalized spacial score (nSPS) is 12.1. The Labute approximate surface area is 145 Å². The van der Waals surface area contributed by atoms with E-state index in [1.807, 2.05) is 6.92 Å². The third kappa shape index (κ3) is 4.74. The van der Waals surface area contributed by atoms with Crippen LogP contribution in [0.2, 0.25) is 0 Å². The van der Waals surface area contributed by atoms with Gasteiger partial charge in [-0.1, -0.05) is 6.92 Å². The average Bonchev–Trinajstić information content (AvgIpc) is 2.55. The van der Waals surface area contributed by atoms with Crippen molar-refractivity contribution in [1.82, 2.24) is 4.72 Å². The van der Waals surface area contributed by atoms with E-state index < -0.39 is 36.6 Å². The summed E-state index contributed by atoms with van der Waals surface area (Å²) in [7, 11) is -7.80. The van der Waals surface area contributed by atoms with Gasteiger partial charge < -0.3 is 0 Å². The lowest BCUT2D eigenvalue weighted by molar-refractivity contribution is 0.504. The van der Waals surface area contributed by atoms with Crippen molar-refractivity contribution in [1.29, 1.82) is 0 Å². The Morgan fingerprint density at radius 2 is 1.44 bits per heavy atom. The van der Waals surface area contributed by atoms with Crippen molar-refractivity contribution in [2.75, 3.05) is 11.3 Å². The Hall–Kier alpha value is -2.04. The number of hydrogen-bond donors (Lipinski definition) is 2. The molecule has 6 nitrogen and oxygen atoms in total. The minimum atomic E-state index is -4.14. The number of rotatable bonds is 7. The summed E-state index contributed by atoms with van der Waals surface area (Å²) in [6.07, 6.45) is 0.630. The van der Waals surface area contributed by atoms with Crippen molar-refractivity contribution in [3.8, 4) is 0 Å². The summed E-state index contributed by atoms with van der Waals surface area (Å²) in [6, 6.07) is 7.19. The van der Waals surface area contributed by atoms with Crippen LogP contribution >= 0.6 is 0 Å². The van der Waals surface area contributed by atoms with Gasteiger partial charge in [-0.2, -0.15) is 0 Å². The van der Waals surface area contributed by atoms with E-state index in [9.17, 15) is 25.6 Å². The standard InChI is InChI=1S/C15H16F2N2O4S2/c1-2-9-18-24(20,21)12-5-3-11(4-6-12)19-25(22,23)13-7-8-14(16)15(17)10-13/h3-8,10,18-19H,2,9H2,1H3. The first-order valence-electron chi connectivity index (χ1n) is 7.23. The van der Waals surface area contributed by atoms with Crippen molar-refractivity contribution in [3.63, 3.8) is 0 Å². The molecule has 0 saturated heterocycles. The fraction of sp³-hybridized carbons (Fsp3) is 0.200. The maximum absolute atomic E-state index is 13.2. The molecular weight excluding hydrogens is 374 g/mol. The van der Waals surface area contributed by atoms with Gasteiger partial charge >= 0.3 is 0 Å². The van der Waals surface area contributed by atoms with Crippen LogP contribution in [-0.4, -0.2) is 23.4 Å². The van der Waals surface area contributed by atoms with E-state index in [2.05, 4.69) is 9.44 Å². The second kappa shape index (κ2) is 7.46. The minimum absolute atomic E-state index is 0.0169. The first-order valence-corrected chi connectivity index (χ1v) is 10.2. The molecule has 2 aromatic rings. The summed E-state index contributed by atoms with van der Waals surface area (Å²) in [6.45, 7) is 2.10. The van der Waals surface area contributed by atoms with Crippen molar-refractivity contribution in [2.24, 2.45) is 0 Å². The third-order valence-corrected chi connectivity index (χ3v) is 6.02. The Morgan fingerprint density at radius 3 is 2.00 bits per heavy atom. The van der Waals surface area contributed by atoms with Crippen molar-refractivity contribution < 1.29 is 25.6 Å². The maximum Gasteiger partial charge on any atom is 0.261 e. The van der Waals surface area contributed by atoms with Gasteiger partial charge in [0.25, 0.3) is 10.0 Å². The van der Waals surface area contributed by atoms with E-state index in [1.165, 1.54) is 24.3 Å². The second-order valence-electron chi connectivity index (χ2n) is 5.10. The molecule has 0 spiro atoms. The highest BCUT2D eigenvalue weighted by atomic mass is 32.2. The van der Waals surface area contributed by atoms with Gasteiger partial charge in [0.05, 0.1) is 9.79 Å². The molecule has 2 N–H and O–H groups in total. The van der Waals surface area contributed by atoms with Gasteiger partial charge in [-0.3, -0.25) is 4.72 Å². The molecule has 0 aliphatic rings. The first-order chi connectivity index (χ1) is 11.7. The highest BCUT2D eigenvalue weighted by Crippen LogP contribution is 2.20. The van der Waals surface area contributed by atoms with E-state index in [1.54, 1.807) is 0 Å². The molecule has 10 heteroatoms. The van der Waals surface area contributed by atoms with Crippen LogP contribution in [0, 0.1) is 11.6 Å². The summed E-state index contributed by atoms with van der Waals surface area (Å²) in [5.41, 5.74) is 0.0826. The Balaban J connectivity index is 2.21. The van der Waals surface area contributed by atoms with Gasteiger partial charge in [-0.15, -0.1) is 0 Å². The minimum Gasteiger partial charge on any atom is -0.280 e. The summed E-state index contributed by atoms with van der Waals surface area (Å²) in [5, 5.41) is 0. The lowest BCUT2D eigenvalue weighted by atomic mass is 10.3. The molecule has 0 bridgehead atoms. The largest absolute Gasteiger partial charge is 0.280 e. The molecule has 0 aromatic heterocycles. The van der Waals surface area contributed by atoms with Gasteiger partial charge in [-0.05, 0) is 48.9 Å². The summed E-state index contributed by atoms with van der Waals surface area (Å²) >= 11 is 0. The Morgan fingerprint density at radius 1 is 0.840 bits per heavy atom. The number of hydrogen-bond acceptors (Lipinski definition) is 4. The predicted octanol–water partition coefficient (Wildman–Crippen LogP) is 2.45.